The smallest absolute Gasteiger partial charge is 0.119 e. The molecule has 4 heteroatoms. The lowest BCUT2D eigenvalue weighted by atomic mass is 10.1. The summed E-state index contributed by atoms with van der Waals surface area (Å²) in [7, 11) is 3.35. The molecule has 1 atom stereocenters. The van der Waals surface area contributed by atoms with Crippen molar-refractivity contribution < 1.29 is 9.47 Å². The number of rotatable bonds is 5. The SMILES string of the molecule is COc1cccc(C(CCN)OC)c1.Cl. The van der Waals surface area contributed by atoms with Crippen LogP contribution in [0.2, 0.25) is 0 Å². The van der Waals surface area contributed by atoms with E-state index in [1.807, 2.05) is 24.3 Å². The number of hydrogen-bond donors (Lipinski definition) is 1. The van der Waals surface area contributed by atoms with E-state index in [4.69, 9.17) is 15.2 Å². The third-order valence-corrected chi connectivity index (χ3v) is 2.18. The normalized spacial score (nSPS) is 11.7. The van der Waals surface area contributed by atoms with Crippen molar-refractivity contribution in [3.63, 3.8) is 0 Å². The predicted octanol–water partition coefficient (Wildman–Crippen LogP) is 2.15. The second kappa shape index (κ2) is 7.51. The molecular formula is C11H18ClNO2. The van der Waals surface area contributed by atoms with Gasteiger partial charge in [0.25, 0.3) is 0 Å². The summed E-state index contributed by atoms with van der Waals surface area (Å²) < 4.78 is 10.5. The first-order valence-corrected chi connectivity index (χ1v) is 4.68. The van der Waals surface area contributed by atoms with Crippen LogP contribution >= 0.6 is 12.4 Å². The standard InChI is InChI=1S/C11H17NO2.ClH/c1-13-10-5-3-4-9(8-10)11(14-2)6-7-12;/h3-5,8,11H,6-7,12H2,1-2H3;1H. The summed E-state index contributed by atoms with van der Waals surface area (Å²) in [6.45, 7) is 0.621. The van der Waals surface area contributed by atoms with Gasteiger partial charge in [-0.3, -0.25) is 0 Å². The third-order valence-electron chi connectivity index (χ3n) is 2.18. The molecule has 0 bridgehead atoms. The zero-order chi connectivity index (χ0) is 10.4. The second-order valence-electron chi connectivity index (χ2n) is 3.08. The van der Waals surface area contributed by atoms with Crippen molar-refractivity contribution in [1.82, 2.24) is 0 Å². The maximum atomic E-state index is 5.50. The van der Waals surface area contributed by atoms with Gasteiger partial charge in [0.15, 0.2) is 0 Å². The Morgan fingerprint density at radius 3 is 2.60 bits per heavy atom. The molecule has 0 aromatic heterocycles. The summed E-state index contributed by atoms with van der Waals surface area (Å²) in [6.07, 6.45) is 0.888. The van der Waals surface area contributed by atoms with Crippen LogP contribution in [0.3, 0.4) is 0 Å². The molecule has 0 aliphatic heterocycles. The first kappa shape index (κ1) is 14.2. The summed E-state index contributed by atoms with van der Waals surface area (Å²) in [5, 5.41) is 0. The van der Waals surface area contributed by atoms with E-state index in [0.717, 1.165) is 17.7 Å². The summed E-state index contributed by atoms with van der Waals surface area (Å²) in [5.41, 5.74) is 6.61. The Bertz CT molecular complexity index is 281. The lowest BCUT2D eigenvalue weighted by molar-refractivity contribution is 0.0976. The average molecular weight is 232 g/mol. The van der Waals surface area contributed by atoms with Crippen LogP contribution in [0.25, 0.3) is 0 Å². The molecule has 0 saturated heterocycles. The molecule has 86 valence electrons. The molecule has 0 saturated carbocycles. The first-order valence-electron chi connectivity index (χ1n) is 4.68. The van der Waals surface area contributed by atoms with Crippen LogP contribution in [0.5, 0.6) is 5.75 Å². The van der Waals surface area contributed by atoms with Crippen LogP contribution in [-0.2, 0) is 4.74 Å². The highest BCUT2D eigenvalue weighted by Gasteiger charge is 2.09. The molecule has 15 heavy (non-hydrogen) atoms. The van der Waals surface area contributed by atoms with E-state index in [0.29, 0.717) is 6.54 Å². The molecule has 0 radical (unpaired) electrons. The number of hydrogen-bond acceptors (Lipinski definition) is 3. The van der Waals surface area contributed by atoms with Gasteiger partial charge in [-0.05, 0) is 30.7 Å². The molecule has 0 aliphatic rings. The number of methoxy groups -OCH3 is 2. The van der Waals surface area contributed by atoms with Crippen LogP contribution in [0.15, 0.2) is 24.3 Å². The lowest BCUT2D eigenvalue weighted by Gasteiger charge is -2.15. The fraction of sp³-hybridized carbons (Fsp3) is 0.455. The number of halogens is 1. The Morgan fingerprint density at radius 1 is 1.33 bits per heavy atom. The van der Waals surface area contributed by atoms with Gasteiger partial charge in [-0.25, -0.2) is 0 Å². The topological polar surface area (TPSA) is 44.5 Å². The maximum Gasteiger partial charge on any atom is 0.119 e. The van der Waals surface area contributed by atoms with E-state index < -0.39 is 0 Å². The Labute approximate surface area is 97.0 Å². The highest BCUT2D eigenvalue weighted by Crippen LogP contribution is 2.23. The van der Waals surface area contributed by atoms with Crippen LogP contribution in [-0.4, -0.2) is 20.8 Å². The van der Waals surface area contributed by atoms with Gasteiger partial charge in [0, 0.05) is 7.11 Å². The van der Waals surface area contributed by atoms with Gasteiger partial charge in [0.2, 0.25) is 0 Å². The Balaban J connectivity index is 0.00000196. The molecule has 1 aromatic rings. The van der Waals surface area contributed by atoms with Crippen molar-refractivity contribution in [3.05, 3.63) is 29.8 Å². The first-order chi connectivity index (χ1) is 6.81. The molecule has 0 spiro atoms. The van der Waals surface area contributed by atoms with Crippen molar-refractivity contribution in [2.24, 2.45) is 5.73 Å². The minimum Gasteiger partial charge on any atom is -0.497 e. The van der Waals surface area contributed by atoms with E-state index in [1.54, 1.807) is 14.2 Å². The van der Waals surface area contributed by atoms with Gasteiger partial charge in [-0.15, -0.1) is 12.4 Å². The highest BCUT2D eigenvalue weighted by molar-refractivity contribution is 5.85. The number of ether oxygens (including phenoxy) is 2. The third kappa shape index (κ3) is 4.08. The van der Waals surface area contributed by atoms with Gasteiger partial charge in [-0.1, -0.05) is 12.1 Å². The van der Waals surface area contributed by atoms with E-state index in [1.165, 1.54) is 0 Å². The predicted molar refractivity (Wildman–Crippen MR) is 63.7 cm³/mol. The van der Waals surface area contributed by atoms with Gasteiger partial charge in [0.05, 0.1) is 13.2 Å². The van der Waals surface area contributed by atoms with Crippen LogP contribution in [0.1, 0.15) is 18.1 Å². The van der Waals surface area contributed by atoms with Crippen molar-refractivity contribution in [1.29, 1.82) is 0 Å². The van der Waals surface area contributed by atoms with E-state index in [-0.39, 0.29) is 18.5 Å². The van der Waals surface area contributed by atoms with Gasteiger partial charge >= 0.3 is 0 Å². The average Bonchev–Trinajstić information content (AvgIpc) is 2.26. The number of benzene rings is 1. The zero-order valence-electron chi connectivity index (χ0n) is 9.10. The number of nitrogens with two attached hydrogens (primary N) is 1. The van der Waals surface area contributed by atoms with Crippen molar-refractivity contribution in [2.75, 3.05) is 20.8 Å². The minimum atomic E-state index is 0. The summed E-state index contributed by atoms with van der Waals surface area (Å²) in [5.74, 6) is 0.849. The molecule has 0 heterocycles. The fourth-order valence-corrected chi connectivity index (χ4v) is 1.41. The molecule has 0 amide bonds. The van der Waals surface area contributed by atoms with E-state index in [2.05, 4.69) is 0 Å². The van der Waals surface area contributed by atoms with Crippen molar-refractivity contribution >= 4 is 12.4 Å². The van der Waals surface area contributed by atoms with Crippen molar-refractivity contribution in [3.8, 4) is 5.75 Å². The largest absolute Gasteiger partial charge is 0.497 e. The molecule has 1 unspecified atom stereocenters. The van der Waals surface area contributed by atoms with E-state index in [9.17, 15) is 0 Å². The lowest BCUT2D eigenvalue weighted by Crippen LogP contribution is -2.09. The summed E-state index contributed by atoms with van der Waals surface area (Å²) in [6, 6.07) is 7.87. The van der Waals surface area contributed by atoms with Crippen LogP contribution in [0.4, 0.5) is 0 Å². The minimum absolute atomic E-state index is 0. The molecular weight excluding hydrogens is 214 g/mol. The Hall–Kier alpha value is -0.770. The zero-order valence-corrected chi connectivity index (χ0v) is 9.92. The molecule has 0 aliphatic carbocycles. The van der Waals surface area contributed by atoms with Crippen molar-refractivity contribution in [2.45, 2.75) is 12.5 Å². The van der Waals surface area contributed by atoms with Crippen LogP contribution < -0.4 is 10.5 Å². The van der Waals surface area contributed by atoms with Gasteiger partial charge < -0.3 is 15.2 Å². The molecule has 1 aromatic carbocycles. The van der Waals surface area contributed by atoms with E-state index >= 15 is 0 Å². The maximum absolute atomic E-state index is 5.50. The molecule has 3 nitrogen and oxygen atoms in total. The second-order valence-corrected chi connectivity index (χ2v) is 3.08. The Morgan fingerprint density at radius 2 is 2.07 bits per heavy atom. The monoisotopic (exact) mass is 231 g/mol. The molecule has 2 N–H and O–H groups in total. The highest BCUT2D eigenvalue weighted by atomic mass is 35.5. The fourth-order valence-electron chi connectivity index (χ4n) is 1.41. The quantitative estimate of drug-likeness (QED) is 0.845. The molecule has 1 rings (SSSR count). The van der Waals surface area contributed by atoms with Gasteiger partial charge in [0.1, 0.15) is 5.75 Å². The summed E-state index contributed by atoms with van der Waals surface area (Å²) >= 11 is 0. The Kier molecular flexibility index (Phi) is 7.13. The van der Waals surface area contributed by atoms with Crippen LogP contribution in [0, 0.1) is 0 Å². The van der Waals surface area contributed by atoms with Gasteiger partial charge in [-0.2, -0.15) is 0 Å². The summed E-state index contributed by atoms with van der Waals surface area (Å²) in [4.78, 5) is 0. The molecule has 0 fully saturated rings.